The maximum Gasteiger partial charge on any atom is 0.211 e. The molecule has 1 aromatic heterocycles. The Hall–Kier alpha value is -1.58. The molecular weight excluding hydrogens is 366 g/mol. The summed E-state index contributed by atoms with van der Waals surface area (Å²) in [5, 5.41) is 6.60. The van der Waals surface area contributed by atoms with E-state index >= 15 is 0 Å². The van der Waals surface area contributed by atoms with Gasteiger partial charge in [0.2, 0.25) is 10.0 Å². The molecule has 154 valence electrons. The molecule has 1 aromatic rings. The molecule has 0 bridgehead atoms. The Morgan fingerprint density at radius 3 is 2.67 bits per heavy atom. The van der Waals surface area contributed by atoms with Crippen molar-refractivity contribution in [3.8, 4) is 0 Å². The van der Waals surface area contributed by atoms with E-state index in [1.165, 1.54) is 19.3 Å². The lowest BCUT2D eigenvalue weighted by Crippen LogP contribution is -2.44. The van der Waals surface area contributed by atoms with E-state index < -0.39 is 10.0 Å². The average molecular weight is 400 g/mol. The summed E-state index contributed by atoms with van der Waals surface area (Å²) >= 11 is 0. The highest BCUT2D eigenvalue weighted by atomic mass is 32.2. The minimum Gasteiger partial charge on any atom is -0.468 e. The summed E-state index contributed by atoms with van der Waals surface area (Å²) in [6.07, 6.45) is 6.14. The van der Waals surface area contributed by atoms with Crippen molar-refractivity contribution < 1.29 is 12.8 Å². The molecule has 1 aliphatic rings. The smallest absolute Gasteiger partial charge is 0.211 e. The Labute approximate surface area is 162 Å². The van der Waals surface area contributed by atoms with Crippen LogP contribution in [0.5, 0.6) is 0 Å². The lowest BCUT2D eigenvalue weighted by Gasteiger charge is -2.33. The summed E-state index contributed by atoms with van der Waals surface area (Å²) in [5.41, 5.74) is 0. The zero-order chi connectivity index (χ0) is 19.5. The number of sulfonamides is 1. The van der Waals surface area contributed by atoms with Gasteiger partial charge in [0.15, 0.2) is 5.96 Å². The first-order valence-electron chi connectivity index (χ1n) is 9.75. The maximum atomic E-state index is 11.4. The quantitative estimate of drug-likeness (QED) is 0.312. The zero-order valence-electron chi connectivity index (χ0n) is 16.4. The molecular formula is C18H33N5O3S. The van der Waals surface area contributed by atoms with Crippen LogP contribution in [0.4, 0.5) is 0 Å². The summed E-state index contributed by atoms with van der Waals surface area (Å²) in [4.78, 5) is 6.72. The first-order chi connectivity index (χ1) is 13.1. The SMILES string of the molecule is CCS(=O)(=O)NCCCNC(=NC)NCC(c1ccco1)N1CCCCC1. The standard InChI is InChI=1S/C18H33N5O3S/c1-3-27(24,25)22-11-8-10-20-18(19-2)21-15-16(17-9-7-14-26-17)23-12-5-4-6-13-23/h7,9,14,16,22H,3-6,8,10-13,15H2,1-2H3,(H2,19,20,21). The summed E-state index contributed by atoms with van der Waals surface area (Å²) in [6, 6.07) is 4.13. The van der Waals surface area contributed by atoms with Gasteiger partial charge in [-0.2, -0.15) is 0 Å². The van der Waals surface area contributed by atoms with Gasteiger partial charge in [-0.15, -0.1) is 0 Å². The van der Waals surface area contributed by atoms with Gasteiger partial charge in [-0.1, -0.05) is 6.42 Å². The Balaban J connectivity index is 1.78. The van der Waals surface area contributed by atoms with E-state index in [0.717, 1.165) is 18.8 Å². The van der Waals surface area contributed by atoms with Crippen LogP contribution in [0, 0.1) is 0 Å². The molecule has 2 heterocycles. The summed E-state index contributed by atoms with van der Waals surface area (Å²) in [5.74, 6) is 1.78. The van der Waals surface area contributed by atoms with Crippen LogP contribution in [-0.2, 0) is 10.0 Å². The van der Waals surface area contributed by atoms with Gasteiger partial charge in [-0.25, -0.2) is 13.1 Å². The molecule has 0 saturated carbocycles. The van der Waals surface area contributed by atoms with Crippen molar-refractivity contribution in [3.05, 3.63) is 24.2 Å². The van der Waals surface area contributed by atoms with Gasteiger partial charge in [0.05, 0.1) is 18.1 Å². The van der Waals surface area contributed by atoms with Gasteiger partial charge in [0.25, 0.3) is 0 Å². The highest BCUT2D eigenvalue weighted by molar-refractivity contribution is 7.89. The van der Waals surface area contributed by atoms with Crippen LogP contribution < -0.4 is 15.4 Å². The number of nitrogens with zero attached hydrogens (tertiary/aromatic N) is 2. The Morgan fingerprint density at radius 2 is 2.04 bits per heavy atom. The predicted molar refractivity (Wildman–Crippen MR) is 108 cm³/mol. The Bertz CT molecular complexity index is 655. The van der Waals surface area contributed by atoms with E-state index in [1.807, 2.05) is 12.1 Å². The molecule has 0 amide bonds. The minimum absolute atomic E-state index is 0.105. The molecule has 27 heavy (non-hydrogen) atoms. The molecule has 0 aromatic carbocycles. The lowest BCUT2D eigenvalue weighted by molar-refractivity contribution is 0.146. The number of furan rings is 1. The van der Waals surface area contributed by atoms with Crippen LogP contribution in [0.2, 0.25) is 0 Å². The van der Waals surface area contributed by atoms with E-state index in [1.54, 1.807) is 20.2 Å². The monoisotopic (exact) mass is 399 g/mol. The molecule has 3 N–H and O–H groups in total. The third-order valence-electron chi connectivity index (χ3n) is 4.74. The highest BCUT2D eigenvalue weighted by Crippen LogP contribution is 2.24. The second-order valence-electron chi connectivity index (χ2n) is 6.66. The van der Waals surface area contributed by atoms with Gasteiger partial charge < -0.3 is 15.1 Å². The van der Waals surface area contributed by atoms with Crippen molar-refractivity contribution in [2.75, 3.05) is 45.5 Å². The molecule has 1 atom stereocenters. The van der Waals surface area contributed by atoms with Crippen molar-refractivity contribution in [1.82, 2.24) is 20.3 Å². The Kier molecular flexibility index (Phi) is 9.09. The molecule has 0 spiro atoms. The number of likely N-dealkylation sites (tertiary alicyclic amines) is 1. The van der Waals surface area contributed by atoms with Crippen LogP contribution in [0.15, 0.2) is 27.8 Å². The van der Waals surface area contributed by atoms with Crippen LogP contribution in [0.1, 0.15) is 44.4 Å². The number of nitrogens with one attached hydrogen (secondary N) is 3. The van der Waals surface area contributed by atoms with Crippen molar-refractivity contribution >= 4 is 16.0 Å². The van der Waals surface area contributed by atoms with Crippen molar-refractivity contribution in [3.63, 3.8) is 0 Å². The van der Waals surface area contributed by atoms with Gasteiger partial charge in [0, 0.05) is 26.7 Å². The summed E-state index contributed by atoms with van der Waals surface area (Å²) in [6.45, 7) is 5.55. The second kappa shape index (κ2) is 11.3. The van der Waals surface area contributed by atoms with Crippen LogP contribution >= 0.6 is 0 Å². The van der Waals surface area contributed by atoms with Crippen molar-refractivity contribution in [2.24, 2.45) is 4.99 Å². The summed E-state index contributed by atoms with van der Waals surface area (Å²) in [7, 11) is -1.39. The molecule has 0 aliphatic carbocycles. The van der Waals surface area contributed by atoms with Crippen LogP contribution in [0.25, 0.3) is 0 Å². The normalized spacial score (nSPS) is 17.6. The number of hydrogen-bond donors (Lipinski definition) is 3. The largest absolute Gasteiger partial charge is 0.468 e. The topological polar surface area (TPSA) is 99.0 Å². The van der Waals surface area contributed by atoms with E-state index in [4.69, 9.17) is 4.42 Å². The minimum atomic E-state index is -3.12. The van der Waals surface area contributed by atoms with Crippen molar-refractivity contribution in [1.29, 1.82) is 0 Å². The molecule has 0 radical (unpaired) electrons. The zero-order valence-corrected chi connectivity index (χ0v) is 17.2. The highest BCUT2D eigenvalue weighted by Gasteiger charge is 2.24. The number of piperidine rings is 1. The number of rotatable bonds is 10. The fourth-order valence-electron chi connectivity index (χ4n) is 3.16. The lowest BCUT2D eigenvalue weighted by atomic mass is 10.1. The van der Waals surface area contributed by atoms with Crippen molar-refractivity contribution in [2.45, 2.75) is 38.6 Å². The molecule has 1 saturated heterocycles. The first-order valence-corrected chi connectivity index (χ1v) is 11.4. The predicted octanol–water partition coefficient (Wildman–Crippen LogP) is 1.30. The van der Waals surface area contributed by atoms with Gasteiger partial charge in [0.1, 0.15) is 5.76 Å². The van der Waals surface area contributed by atoms with Gasteiger partial charge in [-0.3, -0.25) is 9.89 Å². The number of aliphatic imine (C=N–C) groups is 1. The molecule has 9 heteroatoms. The molecule has 8 nitrogen and oxygen atoms in total. The second-order valence-corrected chi connectivity index (χ2v) is 8.75. The van der Waals surface area contributed by atoms with E-state index in [-0.39, 0.29) is 11.8 Å². The first kappa shape index (κ1) is 21.7. The molecule has 1 unspecified atom stereocenters. The Morgan fingerprint density at radius 1 is 1.26 bits per heavy atom. The third kappa shape index (κ3) is 7.51. The van der Waals surface area contributed by atoms with E-state index in [9.17, 15) is 8.42 Å². The molecule has 1 fully saturated rings. The van der Waals surface area contributed by atoms with Crippen LogP contribution in [-0.4, -0.2) is 64.8 Å². The van der Waals surface area contributed by atoms with E-state index in [2.05, 4.69) is 25.2 Å². The maximum absolute atomic E-state index is 11.4. The molecule has 1 aliphatic heterocycles. The number of guanidine groups is 1. The fraction of sp³-hybridized carbons (Fsp3) is 0.722. The molecule has 2 rings (SSSR count). The third-order valence-corrected chi connectivity index (χ3v) is 6.14. The average Bonchev–Trinajstić information content (AvgIpc) is 3.21. The van der Waals surface area contributed by atoms with Gasteiger partial charge >= 0.3 is 0 Å². The summed E-state index contributed by atoms with van der Waals surface area (Å²) < 4.78 is 31.1. The van der Waals surface area contributed by atoms with Crippen LogP contribution in [0.3, 0.4) is 0 Å². The fourth-order valence-corrected chi connectivity index (χ4v) is 3.82. The number of hydrogen-bond acceptors (Lipinski definition) is 5. The van der Waals surface area contributed by atoms with Gasteiger partial charge in [-0.05, 0) is 51.4 Å². The van der Waals surface area contributed by atoms with E-state index in [0.29, 0.717) is 32.0 Å².